The minimum Gasteiger partial charge on any atom is -0.505 e. The quantitative estimate of drug-likeness (QED) is 0.173. The second-order valence-corrected chi connectivity index (χ2v) is 12.2. The first-order valence-corrected chi connectivity index (χ1v) is 15.2. The van der Waals surface area contributed by atoms with E-state index in [0.717, 1.165) is 43.9 Å². The molecule has 3 aliphatic rings. The number of hydrogen-bond acceptors (Lipinski definition) is 9. The van der Waals surface area contributed by atoms with Gasteiger partial charge in [-0.1, -0.05) is 0 Å². The lowest BCUT2D eigenvalue weighted by atomic mass is 9.73. The molecule has 10 nitrogen and oxygen atoms in total. The molecule has 4 N–H and O–H groups in total. The normalized spacial score (nSPS) is 23.8. The number of hydrazine groups is 1. The van der Waals surface area contributed by atoms with Crippen molar-refractivity contribution in [3.05, 3.63) is 70.8 Å². The predicted molar refractivity (Wildman–Crippen MR) is 156 cm³/mol. The van der Waals surface area contributed by atoms with Gasteiger partial charge in [0.15, 0.2) is 17.2 Å². The topological polar surface area (TPSA) is 132 Å². The number of aromatic hydroxyl groups is 1. The number of carbonyl (C=O) groups excluding carboxylic acids is 1. The lowest BCUT2D eigenvalue weighted by Gasteiger charge is -2.33. The van der Waals surface area contributed by atoms with Crippen molar-refractivity contribution >= 4 is 22.8 Å². The molecule has 14 heteroatoms. The summed E-state index contributed by atoms with van der Waals surface area (Å²) < 4.78 is 54.0. The minimum absolute atomic E-state index is 0.0598. The van der Waals surface area contributed by atoms with Crippen molar-refractivity contribution in [2.45, 2.75) is 69.1 Å². The Hall–Kier alpha value is -4.17. The number of benzene rings is 1. The molecule has 0 radical (unpaired) electrons. The van der Waals surface area contributed by atoms with Crippen molar-refractivity contribution in [1.29, 1.82) is 0 Å². The molecule has 45 heavy (non-hydrogen) atoms. The van der Waals surface area contributed by atoms with Crippen LogP contribution in [0.4, 0.5) is 23.4 Å². The van der Waals surface area contributed by atoms with Gasteiger partial charge in [-0.3, -0.25) is 10.2 Å². The molecule has 0 amide bonds. The number of aromatic amines is 1. The summed E-state index contributed by atoms with van der Waals surface area (Å²) >= 11 is 0. The fourth-order valence-corrected chi connectivity index (χ4v) is 7.05. The van der Waals surface area contributed by atoms with E-state index < -0.39 is 24.2 Å². The second kappa shape index (κ2) is 11.6. The maximum absolute atomic E-state index is 14.3. The van der Waals surface area contributed by atoms with Crippen LogP contribution in [-0.2, 0) is 6.42 Å². The SMILES string of the molecule is O=C(c1cnc2nc(C3NNC4CC(c5cc(F)c(O)cc5CC(F)(F)F)CCC43)[nH]c2c1)c1cnc(N2CCCCC2)cn1. The number of nitrogens with one attached hydrogen (secondary N) is 3. The lowest BCUT2D eigenvalue weighted by Crippen LogP contribution is -2.35. The van der Waals surface area contributed by atoms with E-state index in [4.69, 9.17) is 0 Å². The molecule has 236 valence electrons. The first-order chi connectivity index (χ1) is 21.6. The molecule has 2 aliphatic heterocycles. The molecule has 3 aromatic heterocycles. The number of rotatable bonds is 6. The average molecular weight is 625 g/mol. The number of pyridine rings is 1. The monoisotopic (exact) mass is 624 g/mol. The molecular weight excluding hydrogens is 592 g/mol. The van der Waals surface area contributed by atoms with Crippen LogP contribution in [-0.4, -0.2) is 61.1 Å². The Bertz CT molecular complexity index is 1720. The molecule has 0 bridgehead atoms. The largest absolute Gasteiger partial charge is 0.505 e. The first-order valence-electron chi connectivity index (χ1n) is 15.2. The molecule has 1 aromatic carbocycles. The van der Waals surface area contributed by atoms with Crippen molar-refractivity contribution in [3.8, 4) is 5.75 Å². The summed E-state index contributed by atoms with van der Waals surface area (Å²) in [6.07, 6.45) is 4.00. The third kappa shape index (κ3) is 5.96. The number of imidazole rings is 1. The van der Waals surface area contributed by atoms with E-state index in [1.807, 2.05) is 0 Å². The third-order valence-electron chi connectivity index (χ3n) is 9.26. The number of alkyl halides is 3. The van der Waals surface area contributed by atoms with Crippen molar-refractivity contribution in [2.24, 2.45) is 5.92 Å². The summed E-state index contributed by atoms with van der Waals surface area (Å²) in [4.78, 5) is 36.6. The van der Waals surface area contributed by atoms with Crippen LogP contribution in [0, 0.1) is 11.7 Å². The Morgan fingerprint density at radius 3 is 2.58 bits per heavy atom. The molecule has 7 rings (SSSR count). The van der Waals surface area contributed by atoms with Gasteiger partial charge in [0, 0.05) is 30.9 Å². The van der Waals surface area contributed by atoms with Crippen molar-refractivity contribution in [2.75, 3.05) is 18.0 Å². The summed E-state index contributed by atoms with van der Waals surface area (Å²) in [5, 5.41) is 9.74. The zero-order valence-electron chi connectivity index (χ0n) is 24.2. The van der Waals surface area contributed by atoms with Gasteiger partial charge in [-0.25, -0.2) is 29.8 Å². The number of anilines is 1. The number of nitrogens with zero attached hydrogens (tertiary/aromatic N) is 5. The van der Waals surface area contributed by atoms with Crippen molar-refractivity contribution in [3.63, 3.8) is 0 Å². The molecule has 4 aromatic rings. The number of H-pyrrole nitrogens is 1. The molecular formula is C31H32F4N8O2. The van der Waals surface area contributed by atoms with Gasteiger partial charge < -0.3 is 15.0 Å². The van der Waals surface area contributed by atoms with Crippen LogP contribution in [0.2, 0.25) is 0 Å². The Morgan fingerprint density at radius 2 is 1.82 bits per heavy atom. The van der Waals surface area contributed by atoms with Crippen molar-refractivity contribution in [1.82, 2.24) is 35.8 Å². The lowest BCUT2D eigenvalue weighted by molar-refractivity contribution is -0.127. The van der Waals surface area contributed by atoms with Crippen LogP contribution in [0.1, 0.15) is 83.5 Å². The molecule has 4 atom stereocenters. The first kappa shape index (κ1) is 29.5. The molecule has 5 heterocycles. The number of aromatic nitrogens is 5. The summed E-state index contributed by atoms with van der Waals surface area (Å²) in [5.74, 6) is -0.871. The molecule has 3 fully saturated rings. The van der Waals surface area contributed by atoms with Gasteiger partial charge >= 0.3 is 6.18 Å². The summed E-state index contributed by atoms with van der Waals surface area (Å²) in [6.45, 7) is 1.86. The minimum atomic E-state index is -4.49. The van der Waals surface area contributed by atoms with E-state index >= 15 is 0 Å². The molecule has 1 saturated carbocycles. The number of phenolic OH excluding ortho intramolecular Hbond substituents is 1. The number of hydrogen-bond donors (Lipinski definition) is 4. The van der Waals surface area contributed by atoms with E-state index in [1.54, 1.807) is 12.3 Å². The van der Waals surface area contributed by atoms with Gasteiger partial charge in [-0.05, 0) is 79.7 Å². The van der Waals surface area contributed by atoms with Crippen molar-refractivity contribution < 1.29 is 27.5 Å². The molecule has 0 spiro atoms. The second-order valence-electron chi connectivity index (χ2n) is 12.2. The van der Waals surface area contributed by atoms with Gasteiger partial charge in [0.2, 0.25) is 5.78 Å². The predicted octanol–water partition coefficient (Wildman–Crippen LogP) is 5.02. The van der Waals surface area contributed by atoms with E-state index in [9.17, 15) is 27.5 Å². The van der Waals surface area contributed by atoms with Crippen LogP contribution in [0.15, 0.2) is 36.8 Å². The van der Waals surface area contributed by atoms with Crippen LogP contribution in [0.25, 0.3) is 11.2 Å². The summed E-state index contributed by atoms with van der Waals surface area (Å²) in [6, 6.07) is 3.29. The number of carbonyl (C=O) groups is 1. The fourth-order valence-electron chi connectivity index (χ4n) is 7.05. The zero-order valence-corrected chi connectivity index (χ0v) is 24.2. The van der Waals surface area contributed by atoms with Crippen LogP contribution < -0.4 is 15.8 Å². The van der Waals surface area contributed by atoms with Gasteiger partial charge in [-0.15, -0.1) is 0 Å². The van der Waals surface area contributed by atoms with E-state index in [-0.39, 0.29) is 46.5 Å². The van der Waals surface area contributed by atoms with Gasteiger partial charge in [0.05, 0.1) is 30.4 Å². The van der Waals surface area contributed by atoms with Gasteiger partial charge in [-0.2, -0.15) is 13.2 Å². The Morgan fingerprint density at radius 1 is 1.00 bits per heavy atom. The highest BCUT2D eigenvalue weighted by Gasteiger charge is 2.43. The van der Waals surface area contributed by atoms with E-state index in [1.165, 1.54) is 18.8 Å². The highest BCUT2D eigenvalue weighted by Crippen LogP contribution is 2.45. The average Bonchev–Trinajstić information content (AvgIpc) is 3.65. The fraction of sp³-hybridized carbons (Fsp3) is 0.452. The van der Waals surface area contributed by atoms with E-state index in [0.29, 0.717) is 41.8 Å². The van der Waals surface area contributed by atoms with E-state index in [2.05, 4.69) is 40.7 Å². The maximum Gasteiger partial charge on any atom is 0.393 e. The summed E-state index contributed by atoms with van der Waals surface area (Å²) in [7, 11) is 0. The standard InChI is InChI=1S/C31H32F4N8O2/c32-21-11-20(17(10-25(21)44)12-31(33,34)35)16-4-5-19-22(8-16)41-42-27(19)30-39-23-9-18(13-38-29(23)40-30)28(45)24-14-37-26(15-36-24)43-6-2-1-3-7-43/h9-11,13-16,19,22,27,41-42,44H,1-8,12H2,(H,38,39,40). The number of piperidine rings is 1. The number of halogens is 4. The van der Waals surface area contributed by atoms with Crippen LogP contribution >= 0.6 is 0 Å². The smallest absolute Gasteiger partial charge is 0.393 e. The molecule has 1 aliphatic carbocycles. The highest BCUT2D eigenvalue weighted by molar-refractivity contribution is 6.08. The molecule has 2 saturated heterocycles. The molecule has 4 unspecified atom stereocenters. The Kier molecular flexibility index (Phi) is 7.64. The van der Waals surface area contributed by atoms with Crippen LogP contribution in [0.5, 0.6) is 5.75 Å². The van der Waals surface area contributed by atoms with Crippen LogP contribution in [0.3, 0.4) is 0 Å². The Labute approximate surface area is 255 Å². The maximum atomic E-state index is 14.3. The summed E-state index contributed by atoms with van der Waals surface area (Å²) in [5.41, 5.74) is 8.30. The Balaban J connectivity index is 1.06. The zero-order chi connectivity index (χ0) is 31.3. The van der Waals surface area contributed by atoms with Gasteiger partial charge in [0.25, 0.3) is 0 Å². The number of phenols is 1. The number of ketones is 1. The number of fused-ring (bicyclic) bond motifs is 2. The third-order valence-corrected chi connectivity index (χ3v) is 9.26. The highest BCUT2D eigenvalue weighted by atomic mass is 19.4. The van der Waals surface area contributed by atoms with Gasteiger partial charge in [0.1, 0.15) is 17.3 Å².